The van der Waals surface area contributed by atoms with Crippen LogP contribution in [0.4, 0.5) is 10.2 Å². The molecule has 1 N–H and O–H groups in total. The van der Waals surface area contributed by atoms with Crippen molar-refractivity contribution in [3.8, 4) is 11.4 Å². The average Bonchev–Trinajstić information content (AvgIpc) is 3.23. The first-order valence-electron chi connectivity index (χ1n) is 8.90. The molecule has 8 heteroatoms. The number of pyridine rings is 2. The summed E-state index contributed by atoms with van der Waals surface area (Å²) >= 11 is 0. The Bertz CT molecular complexity index is 1380. The third-order valence-corrected chi connectivity index (χ3v) is 4.55. The Kier molecular flexibility index (Phi) is 4.02. The van der Waals surface area contributed by atoms with Gasteiger partial charge >= 0.3 is 0 Å². The van der Waals surface area contributed by atoms with Gasteiger partial charge in [0.1, 0.15) is 12.1 Å². The minimum atomic E-state index is -0.336. The first-order chi connectivity index (χ1) is 14.2. The van der Waals surface area contributed by atoms with Crippen molar-refractivity contribution in [3.05, 3.63) is 72.7 Å². The maximum Gasteiger partial charge on any atom is 0.183 e. The van der Waals surface area contributed by atoms with E-state index in [9.17, 15) is 4.39 Å². The Hall–Kier alpha value is -4.07. The van der Waals surface area contributed by atoms with Gasteiger partial charge in [-0.05, 0) is 37.3 Å². The lowest BCUT2D eigenvalue weighted by atomic mass is 10.0. The fraction of sp³-hybridized carbons (Fsp3) is 0.0476. The van der Waals surface area contributed by atoms with Gasteiger partial charge in [0.25, 0.3) is 0 Å². The summed E-state index contributed by atoms with van der Waals surface area (Å²) in [6, 6.07) is 12.0. The number of aromatic amines is 1. The van der Waals surface area contributed by atoms with Crippen LogP contribution in [0.15, 0.2) is 66.3 Å². The molecule has 4 heterocycles. The average molecular weight is 383 g/mol. The van der Waals surface area contributed by atoms with Crippen molar-refractivity contribution < 1.29 is 4.39 Å². The molecule has 29 heavy (non-hydrogen) atoms. The number of nitrogens with zero attached hydrogens (tertiary/aromatic N) is 6. The molecule has 0 aliphatic heterocycles. The monoisotopic (exact) mass is 383 g/mol. The van der Waals surface area contributed by atoms with Crippen LogP contribution in [0.1, 0.15) is 12.5 Å². The highest BCUT2D eigenvalue weighted by molar-refractivity contribution is 6.07. The van der Waals surface area contributed by atoms with Crippen LogP contribution in [0.3, 0.4) is 0 Å². The van der Waals surface area contributed by atoms with Crippen molar-refractivity contribution >= 4 is 33.6 Å². The highest BCUT2D eigenvalue weighted by Crippen LogP contribution is 2.27. The van der Waals surface area contributed by atoms with Crippen molar-refractivity contribution in [2.24, 2.45) is 4.99 Å². The number of aliphatic imine (C=N–C) groups is 1. The zero-order chi connectivity index (χ0) is 19.8. The van der Waals surface area contributed by atoms with E-state index in [2.05, 4.69) is 34.9 Å². The van der Waals surface area contributed by atoms with Gasteiger partial charge in [0, 0.05) is 28.9 Å². The van der Waals surface area contributed by atoms with Gasteiger partial charge in [0.15, 0.2) is 17.0 Å². The molecule has 0 aliphatic rings. The smallest absolute Gasteiger partial charge is 0.183 e. The van der Waals surface area contributed by atoms with Crippen LogP contribution in [0, 0.1) is 5.82 Å². The quantitative estimate of drug-likeness (QED) is 0.470. The predicted molar refractivity (Wildman–Crippen MR) is 108 cm³/mol. The molecule has 0 unspecified atom stereocenters. The fourth-order valence-electron chi connectivity index (χ4n) is 3.17. The summed E-state index contributed by atoms with van der Waals surface area (Å²) in [5.74, 6) is 0.122. The van der Waals surface area contributed by atoms with E-state index < -0.39 is 0 Å². The van der Waals surface area contributed by atoms with E-state index in [1.807, 2.05) is 31.2 Å². The molecule has 5 aromatic rings. The van der Waals surface area contributed by atoms with Gasteiger partial charge in [-0.2, -0.15) is 0 Å². The van der Waals surface area contributed by atoms with Crippen molar-refractivity contribution in [3.63, 3.8) is 0 Å². The number of H-pyrrole nitrogens is 1. The zero-order valence-corrected chi connectivity index (χ0v) is 15.3. The summed E-state index contributed by atoms with van der Waals surface area (Å²) in [7, 11) is 0. The maximum atomic E-state index is 13.7. The molecule has 0 saturated heterocycles. The topological polar surface area (TPSA) is 92.6 Å². The number of nitrogens with one attached hydrogen (secondary N) is 1. The number of fused-ring (bicyclic) bond motifs is 2. The van der Waals surface area contributed by atoms with Gasteiger partial charge in [0.2, 0.25) is 0 Å². The summed E-state index contributed by atoms with van der Waals surface area (Å²) in [5.41, 5.74) is 4.52. The van der Waals surface area contributed by atoms with E-state index in [1.54, 1.807) is 18.6 Å². The number of aromatic nitrogens is 6. The second-order valence-electron chi connectivity index (χ2n) is 6.43. The van der Waals surface area contributed by atoms with Gasteiger partial charge in [-0.25, -0.2) is 29.3 Å². The second-order valence-corrected chi connectivity index (χ2v) is 6.43. The van der Waals surface area contributed by atoms with Crippen LogP contribution < -0.4 is 0 Å². The van der Waals surface area contributed by atoms with E-state index in [1.165, 1.54) is 18.5 Å². The lowest BCUT2D eigenvalue weighted by Crippen LogP contribution is -2.02. The fourth-order valence-corrected chi connectivity index (χ4v) is 3.17. The highest BCUT2D eigenvalue weighted by Gasteiger charge is 2.14. The van der Waals surface area contributed by atoms with Crippen molar-refractivity contribution in [1.82, 2.24) is 29.9 Å². The van der Waals surface area contributed by atoms with E-state index in [-0.39, 0.29) is 5.82 Å². The standard InChI is InChI=1S/C21H14FN7/c1-12(28-21-19-20(25-10-24-19)26-11-27-21)15-8-13-5-6-14(22)9-17(13)29-18(15)16-4-2-3-7-23-16/h2-11H,1H3,(H,24,25,26,27)/b28-12+. The largest absolute Gasteiger partial charge is 0.329 e. The molecule has 7 nitrogen and oxygen atoms in total. The minimum absolute atomic E-state index is 0.336. The van der Waals surface area contributed by atoms with Gasteiger partial charge < -0.3 is 4.98 Å². The third kappa shape index (κ3) is 3.10. The molecule has 0 amide bonds. The normalized spacial score (nSPS) is 12.0. The van der Waals surface area contributed by atoms with Crippen LogP contribution in [0.25, 0.3) is 33.5 Å². The number of halogens is 1. The number of hydrogen-bond acceptors (Lipinski definition) is 6. The first-order valence-corrected chi connectivity index (χ1v) is 8.90. The van der Waals surface area contributed by atoms with Crippen LogP contribution in [-0.2, 0) is 0 Å². The van der Waals surface area contributed by atoms with Gasteiger partial charge in [-0.3, -0.25) is 4.98 Å². The summed E-state index contributed by atoms with van der Waals surface area (Å²) in [4.78, 5) is 29.4. The van der Waals surface area contributed by atoms with Crippen LogP contribution in [0.2, 0.25) is 0 Å². The lowest BCUT2D eigenvalue weighted by molar-refractivity contribution is 0.629. The minimum Gasteiger partial charge on any atom is -0.329 e. The molecule has 0 radical (unpaired) electrons. The number of hydrogen-bond donors (Lipinski definition) is 1. The number of rotatable bonds is 3. The molecule has 5 rings (SSSR count). The third-order valence-electron chi connectivity index (χ3n) is 4.55. The molecule has 0 fully saturated rings. The Morgan fingerprint density at radius 2 is 1.97 bits per heavy atom. The summed E-state index contributed by atoms with van der Waals surface area (Å²) in [6.45, 7) is 1.87. The van der Waals surface area contributed by atoms with Gasteiger partial charge in [0.05, 0.1) is 23.2 Å². The summed E-state index contributed by atoms with van der Waals surface area (Å²) in [6.07, 6.45) is 4.69. The maximum absolute atomic E-state index is 13.7. The Morgan fingerprint density at radius 3 is 2.83 bits per heavy atom. The predicted octanol–water partition coefficient (Wildman–Crippen LogP) is 4.24. The highest BCUT2D eigenvalue weighted by atomic mass is 19.1. The SMILES string of the molecule is C/C(=N\c1ncnc2[nH]cnc12)c1cc2ccc(F)cc2nc1-c1ccccn1. The van der Waals surface area contributed by atoms with Crippen molar-refractivity contribution in [1.29, 1.82) is 0 Å². The van der Waals surface area contributed by atoms with Gasteiger partial charge in [-0.1, -0.05) is 6.07 Å². The summed E-state index contributed by atoms with van der Waals surface area (Å²) in [5, 5.41) is 0.809. The Labute approximate surface area is 164 Å². The first kappa shape index (κ1) is 17.1. The van der Waals surface area contributed by atoms with Crippen molar-refractivity contribution in [2.45, 2.75) is 6.92 Å². The summed E-state index contributed by atoms with van der Waals surface area (Å²) < 4.78 is 13.7. The van der Waals surface area contributed by atoms with Gasteiger partial charge in [-0.15, -0.1) is 0 Å². The van der Waals surface area contributed by atoms with Crippen LogP contribution in [-0.4, -0.2) is 35.6 Å². The molecule has 4 aromatic heterocycles. The van der Waals surface area contributed by atoms with E-state index in [0.717, 1.165) is 10.9 Å². The second kappa shape index (κ2) is 6.83. The van der Waals surface area contributed by atoms with Crippen LogP contribution in [0.5, 0.6) is 0 Å². The van der Waals surface area contributed by atoms with Crippen molar-refractivity contribution in [2.75, 3.05) is 0 Å². The molecule has 0 spiro atoms. The van der Waals surface area contributed by atoms with Crippen LogP contribution >= 0.6 is 0 Å². The molecule has 140 valence electrons. The number of imidazole rings is 1. The molecule has 1 aromatic carbocycles. The Morgan fingerprint density at radius 1 is 1.03 bits per heavy atom. The molecule has 0 bridgehead atoms. The molecular weight excluding hydrogens is 369 g/mol. The molecule has 0 atom stereocenters. The zero-order valence-electron chi connectivity index (χ0n) is 15.3. The molecule has 0 saturated carbocycles. The molecular formula is C21H14FN7. The van der Waals surface area contributed by atoms with E-state index >= 15 is 0 Å². The van der Waals surface area contributed by atoms with E-state index in [4.69, 9.17) is 0 Å². The molecule has 0 aliphatic carbocycles. The lowest BCUT2D eigenvalue weighted by Gasteiger charge is -2.10. The van der Waals surface area contributed by atoms with E-state index in [0.29, 0.717) is 39.6 Å². The number of benzene rings is 1. The Balaban J connectivity index is 1.74.